The van der Waals surface area contributed by atoms with Gasteiger partial charge in [0.25, 0.3) is 0 Å². The van der Waals surface area contributed by atoms with Crippen molar-refractivity contribution < 1.29 is 33.3 Å². The predicted octanol–water partition coefficient (Wildman–Crippen LogP) is 5.71. The zero-order chi connectivity index (χ0) is 26.6. The monoisotopic (exact) mass is 502 g/mol. The van der Waals surface area contributed by atoms with Crippen LogP contribution in [0.5, 0.6) is 17.2 Å². The molecule has 0 N–H and O–H groups in total. The molecule has 3 aromatic rings. The maximum absolute atomic E-state index is 12.3. The topological polar surface area (TPSA) is 88.1 Å². The smallest absolute Gasteiger partial charge is 0.338 e. The van der Waals surface area contributed by atoms with E-state index in [1.807, 2.05) is 48.5 Å². The molecule has 0 atom stereocenters. The van der Waals surface area contributed by atoms with Crippen LogP contribution in [0.2, 0.25) is 0 Å². The lowest BCUT2D eigenvalue weighted by Gasteiger charge is -2.08. The maximum Gasteiger partial charge on any atom is 0.338 e. The Balaban J connectivity index is 1.42. The summed E-state index contributed by atoms with van der Waals surface area (Å²) in [6.45, 7) is 7.32. The number of carbonyl (C=O) groups is 3. The van der Waals surface area contributed by atoms with Crippen LogP contribution in [0.15, 0.2) is 84.9 Å². The summed E-state index contributed by atoms with van der Waals surface area (Å²) in [5.41, 5.74) is 3.20. The molecule has 0 aliphatic rings. The second-order valence-electron chi connectivity index (χ2n) is 8.38. The number of rotatable bonds is 12. The highest BCUT2D eigenvalue weighted by atomic mass is 16.5. The van der Waals surface area contributed by atoms with Gasteiger partial charge < -0.3 is 18.9 Å². The van der Waals surface area contributed by atoms with Crippen LogP contribution in [-0.4, -0.2) is 31.1 Å². The van der Waals surface area contributed by atoms with Crippen molar-refractivity contribution in [1.82, 2.24) is 0 Å². The highest BCUT2D eigenvalue weighted by molar-refractivity contribution is 5.88. The van der Waals surface area contributed by atoms with Crippen molar-refractivity contribution in [1.29, 1.82) is 0 Å². The molecular weight excluding hydrogens is 472 g/mol. The summed E-state index contributed by atoms with van der Waals surface area (Å²) in [4.78, 5) is 34.7. The van der Waals surface area contributed by atoms with Gasteiger partial charge in [-0.25, -0.2) is 4.79 Å². The number of aryl methyl sites for hydroxylation is 1. The van der Waals surface area contributed by atoms with E-state index in [9.17, 15) is 14.4 Å². The number of benzene rings is 3. The van der Waals surface area contributed by atoms with Crippen molar-refractivity contribution in [3.8, 4) is 28.4 Å². The Morgan fingerprint density at radius 2 is 1.24 bits per heavy atom. The van der Waals surface area contributed by atoms with Crippen molar-refractivity contribution in [2.24, 2.45) is 0 Å². The van der Waals surface area contributed by atoms with E-state index in [4.69, 9.17) is 18.9 Å². The molecule has 3 aromatic carbocycles. The Morgan fingerprint density at radius 3 is 1.78 bits per heavy atom. The molecule has 0 heterocycles. The highest BCUT2D eigenvalue weighted by Gasteiger charge is 2.08. The summed E-state index contributed by atoms with van der Waals surface area (Å²) in [6.07, 6.45) is 1.41. The van der Waals surface area contributed by atoms with E-state index in [0.29, 0.717) is 43.1 Å². The lowest BCUT2D eigenvalue weighted by molar-refractivity contribution is -0.141. The molecule has 0 bridgehead atoms. The Kier molecular flexibility index (Phi) is 10.0. The third kappa shape index (κ3) is 9.29. The molecule has 0 aromatic heterocycles. The molecule has 37 heavy (non-hydrogen) atoms. The van der Waals surface area contributed by atoms with Gasteiger partial charge in [0.15, 0.2) is 0 Å². The summed E-state index contributed by atoms with van der Waals surface area (Å²) < 4.78 is 21.1. The molecule has 0 unspecified atom stereocenters. The first-order valence-corrected chi connectivity index (χ1v) is 11.9. The van der Waals surface area contributed by atoms with Crippen LogP contribution in [0.25, 0.3) is 11.1 Å². The van der Waals surface area contributed by atoms with E-state index in [2.05, 4.69) is 6.58 Å². The summed E-state index contributed by atoms with van der Waals surface area (Å²) in [7, 11) is 0. The second-order valence-corrected chi connectivity index (χ2v) is 8.38. The minimum atomic E-state index is -0.463. The molecule has 0 aliphatic carbocycles. The largest absolute Gasteiger partial charge is 0.493 e. The van der Waals surface area contributed by atoms with Crippen LogP contribution in [0.1, 0.15) is 32.3 Å². The van der Waals surface area contributed by atoms with Crippen LogP contribution in [-0.2, 0) is 25.5 Å². The molecule has 0 saturated heterocycles. The summed E-state index contributed by atoms with van der Waals surface area (Å²) in [6, 6.07) is 21.9. The number of esters is 3. The first-order valence-electron chi connectivity index (χ1n) is 11.9. The normalized spacial score (nSPS) is 10.3. The quantitative estimate of drug-likeness (QED) is 0.136. The average molecular weight is 503 g/mol. The van der Waals surface area contributed by atoms with Gasteiger partial charge in [0.2, 0.25) is 0 Å². The van der Waals surface area contributed by atoms with Crippen LogP contribution in [0.4, 0.5) is 0 Å². The van der Waals surface area contributed by atoms with E-state index in [1.165, 1.54) is 6.92 Å². The van der Waals surface area contributed by atoms with E-state index in [1.54, 1.807) is 31.2 Å². The molecule has 7 nitrogen and oxygen atoms in total. The fourth-order valence-electron chi connectivity index (χ4n) is 3.27. The van der Waals surface area contributed by atoms with Gasteiger partial charge in [-0.2, -0.15) is 0 Å². The molecule has 0 spiro atoms. The SMILES string of the molecule is C=C(C)C(=O)Oc1ccc(-c2ccc(OC(=O)CCc3ccc(OCCCOC(C)=O)cc3)cc2)cc1. The highest BCUT2D eigenvalue weighted by Crippen LogP contribution is 2.25. The van der Waals surface area contributed by atoms with Gasteiger partial charge in [-0.05, 0) is 66.4 Å². The lowest BCUT2D eigenvalue weighted by atomic mass is 10.1. The fourth-order valence-corrected chi connectivity index (χ4v) is 3.27. The lowest BCUT2D eigenvalue weighted by Crippen LogP contribution is -2.09. The Morgan fingerprint density at radius 1 is 0.703 bits per heavy atom. The second kappa shape index (κ2) is 13.6. The van der Waals surface area contributed by atoms with Gasteiger partial charge in [0.1, 0.15) is 17.2 Å². The molecule has 0 radical (unpaired) electrons. The zero-order valence-corrected chi connectivity index (χ0v) is 21.0. The number of hydrogen-bond donors (Lipinski definition) is 0. The van der Waals surface area contributed by atoms with Crippen LogP contribution < -0.4 is 14.2 Å². The third-order valence-corrected chi connectivity index (χ3v) is 5.24. The van der Waals surface area contributed by atoms with Gasteiger partial charge in [-0.15, -0.1) is 0 Å². The fraction of sp³-hybridized carbons (Fsp3) is 0.233. The van der Waals surface area contributed by atoms with Crippen LogP contribution in [0.3, 0.4) is 0 Å². The van der Waals surface area contributed by atoms with Crippen molar-refractivity contribution in [3.05, 3.63) is 90.5 Å². The number of carbonyl (C=O) groups excluding carboxylic acids is 3. The van der Waals surface area contributed by atoms with Gasteiger partial charge in [-0.1, -0.05) is 43.0 Å². The molecule has 192 valence electrons. The molecule has 7 heteroatoms. The van der Waals surface area contributed by atoms with Gasteiger partial charge >= 0.3 is 17.9 Å². The number of hydrogen-bond acceptors (Lipinski definition) is 7. The number of ether oxygens (including phenoxy) is 4. The van der Waals surface area contributed by atoms with Crippen molar-refractivity contribution in [3.63, 3.8) is 0 Å². The van der Waals surface area contributed by atoms with Crippen molar-refractivity contribution >= 4 is 17.9 Å². The first kappa shape index (κ1) is 27.2. The first-order chi connectivity index (χ1) is 17.8. The van der Waals surface area contributed by atoms with Crippen LogP contribution >= 0.6 is 0 Å². The van der Waals surface area contributed by atoms with Crippen LogP contribution in [0, 0.1) is 0 Å². The van der Waals surface area contributed by atoms with Crippen molar-refractivity contribution in [2.45, 2.75) is 33.1 Å². The van der Waals surface area contributed by atoms with Gasteiger partial charge in [-0.3, -0.25) is 9.59 Å². The molecule has 0 fully saturated rings. The zero-order valence-electron chi connectivity index (χ0n) is 21.0. The minimum absolute atomic E-state index is 0.245. The Hall–Kier alpha value is -4.39. The minimum Gasteiger partial charge on any atom is -0.493 e. The van der Waals surface area contributed by atoms with E-state index < -0.39 is 5.97 Å². The molecule has 0 amide bonds. The Bertz CT molecular complexity index is 1210. The predicted molar refractivity (Wildman–Crippen MR) is 139 cm³/mol. The summed E-state index contributed by atoms with van der Waals surface area (Å²) in [5, 5.41) is 0. The van der Waals surface area contributed by atoms with Gasteiger partial charge in [0, 0.05) is 25.3 Å². The molecule has 3 rings (SSSR count). The van der Waals surface area contributed by atoms with E-state index in [-0.39, 0.29) is 18.4 Å². The molecule has 0 saturated carbocycles. The summed E-state index contributed by atoms with van der Waals surface area (Å²) >= 11 is 0. The third-order valence-electron chi connectivity index (χ3n) is 5.24. The van der Waals surface area contributed by atoms with Crippen molar-refractivity contribution in [2.75, 3.05) is 13.2 Å². The molecule has 0 aliphatic heterocycles. The van der Waals surface area contributed by atoms with E-state index >= 15 is 0 Å². The molecular formula is C30H30O7. The maximum atomic E-state index is 12.3. The van der Waals surface area contributed by atoms with Gasteiger partial charge in [0.05, 0.1) is 13.2 Å². The average Bonchev–Trinajstić information content (AvgIpc) is 2.88. The summed E-state index contributed by atoms with van der Waals surface area (Å²) in [5.74, 6) is 0.555. The Labute approximate surface area is 216 Å². The standard InChI is InChI=1S/C30H30O7/c1-21(2)30(33)37-28-16-10-25(11-17-28)24-8-14-27(15-9-24)36-29(32)18-7-23-5-12-26(13-6-23)35-20-4-19-34-22(3)31/h5-6,8-17H,1,4,7,18-20H2,2-3H3. The van der Waals surface area contributed by atoms with E-state index in [0.717, 1.165) is 22.4 Å².